The molecule has 2 amide bonds. The van der Waals surface area contributed by atoms with Gasteiger partial charge in [-0.1, -0.05) is 37.7 Å². The number of anilines is 1. The average molecular weight is 417 g/mol. The fraction of sp³-hybridized carbons (Fsp3) is 0.278. The van der Waals surface area contributed by atoms with Crippen molar-refractivity contribution in [3.05, 3.63) is 46.8 Å². The van der Waals surface area contributed by atoms with E-state index in [-0.39, 0.29) is 5.91 Å². The van der Waals surface area contributed by atoms with Crippen molar-refractivity contribution in [3.63, 3.8) is 0 Å². The largest absolute Gasteiger partial charge is 0.366 e. The predicted octanol–water partition coefficient (Wildman–Crippen LogP) is 3.07. The van der Waals surface area contributed by atoms with Gasteiger partial charge >= 0.3 is 0 Å². The topological polar surface area (TPSA) is 116 Å². The molecule has 10 heteroatoms. The molecule has 0 radical (unpaired) electrons. The number of thiophene rings is 1. The molecule has 0 saturated carbocycles. The number of thioether (sulfide) groups is 1. The second-order valence-electron chi connectivity index (χ2n) is 6.40. The molecule has 1 atom stereocenters. The Bertz CT molecular complexity index is 980. The zero-order valence-electron chi connectivity index (χ0n) is 15.6. The van der Waals surface area contributed by atoms with Crippen LogP contribution in [0, 0.1) is 0 Å². The van der Waals surface area contributed by atoms with Gasteiger partial charge in [-0.25, -0.2) is 0 Å². The molecule has 1 aromatic carbocycles. The number of aromatic nitrogens is 4. The standard InChI is InChI=1S/C18H20N6O2S2/c1-10(2)12-4-6-13(7-5-12)24-18(21-22-23-24)28-11(3)16(26)20-17-14(15(19)25)8-9-27-17/h4-11H,1-3H3,(H2,19,25)(H,20,26)/t11-/m0/s1. The van der Waals surface area contributed by atoms with Crippen LogP contribution in [0.5, 0.6) is 0 Å². The Kier molecular flexibility index (Phi) is 6.10. The summed E-state index contributed by atoms with van der Waals surface area (Å²) in [4.78, 5) is 23.9. The monoisotopic (exact) mass is 416 g/mol. The van der Waals surface area contributed by atoms with Gasteiger partial charge in [0.05, 0.1) is 16.5 Å². The van der Waals surface area contributed by atoms with Gasteiger partial charge in [0.2, 0.25) is 11.1 Å². The Morgan fingerprint density at radius 1 is 1.18 bits per heavy atom. The molecule has 0 spiro atoms. The maximum Gasteiger partial charge on any atom is 0.251 e. The molecule has 0 bridgehead atoms. The third-order valence-corrected chi connectivity index (χ3v) is 5.93. The normalized spacial score (nSPS) is 12.1. The minimum absolute atomic E-state index is 0.264. The molecule has 0 aliphatic rings. The van der Waals surface area contributed by atoms with E-state index in [9.17, 15) is 9.59 Å². The third kappa shape index (κ3) is 4.39. The van der Waals surface area contributed by atoms with Gasteiger partial charge in [0.25, 0.3) is 5.91 Å². The molecule has 3 N–H and O–H groups in total. The van der Waals surface area contributed by atoms with Crippen molar-refractivity contribution in [2.45, 2.75) is 37.1 Å². The Morgan fingerprint density at radius 3 is 2.54 bits per heavy atom. The fourth-order valence-electron chi connectivity index (χ4n) is 2.44. The zero-order chi connectivity index (χ0) is 20.3. The van der Waals surface area contributed by atoms with Crippen LogP contribution in [0.4, 0.5) is 5.00 Å². The molecule has 28 heavy (non-hydrogen) atoms. The molecular formula is C18H20N6O2S2. The van der Waals surface area contributed by atoms with E-state index in [2.05, 4.69) is 34.7 Å². The van der Waals surface area contributed by atoms with Crippen molar-refractivity contribution in [2.24, 2.45) is 5.73 Å². The molecular weight excluding hydrogens is 396 g/mol. The summed E-state index contributed by atoms with van der Waals surface area (Å²) in [6, 6.07) is 9.56. The van der Waals surface area contributed by atoms with Crippen molar-refractivity contribution in [2.75, 3.05) is 5.32 Å². The first-order chi connectivity index (χ1) is 13.4. The highest BCUT2D eigenvalue weighted by molar-refractivity contribution is 8.00. The van der Waals surface area contributed by atoms with E-state index in [1.807, 2.05) is 24.3 Å². The predicted molar refractivity (Wildman–Crippen MR) is 110 cm³/mol. The summed E-state index contributed by atoms with van der Waals surface area (Å²) in [6.45, 7) is 6.01. The number of rotatable bonds is 7. The number of nitrogens with one attached hydrogen (secondary N) is 1. The Balaban J connectivity index is 1.72. The van der Waals surface area contributed by atoms with Gasteiger partial charge < -0.3 is 11.1 Å². The summed E-state index contributed by atoms with van der Waals surface area (Å²) < 4.78 is 1.60. The number of hydrogen-bond donors (Lipinski definition) is 2. The van der Waals surface area contributed by atoms with Crippen LogP contribution in [0.25, 0.3) is 5.69 Å². The fourth-order valence-corrected chi connectivity index (χ4v) is 4.04. The van der Waals surface area contributed by atoms with Crippen LogP contribution in [0.3, 0.4) is 0 Å². The Hall–Kier alpha value is -2.72. The first kappa shape index (κ1) is 20.0. The van der Waals surface area contributed by atoms with Crippen molar-refractivity contribution < 1.29 is 9.59 Å². The van der Waals surface area contributed by atoms with Gasteiger partial charge in [0.1, 0.15) is 5.00 Å². The van der Waals surface area contributed by atoms with Crippen molar-refractivity contribution in [3.8, 4) is 5.69 Å². The van der Waals surface area contributed by atoms with E-state index in [1.54, 1.807) is 23.1 Å². The summed E-state index contributed by atoms with van der Waals surface area (Å²) in [7, 11) is 0. The lowest BCUT2D eigenvalue weighted by Crippen LogP contribution is -2.24. The van der Waals surface area contributed by atoms with Crippen molar-refractivity contribution in [1.82, 2.24) is 20.2 Å². The minimum Gasteiger partial charge on any atom is -0.366 e. The number of nitrogens with zero attached hydrogens (tertiary/aromatic N) is 4. The van der Waals surface area contributed by atoms with Gasteiger partial charge in [-0.05, 0) is 52.4 Å². The molecule has 146 valence electrons. The molecule has 0 fully saturated rings. The van der Waals surface area contributed by atoms with Crippen LogP contribution in [0.2, 0.25) is 0 Å². The van der Waals surface area contributed by atoms with Crippen LogP contribution in [0.1, 0.15) is 42.6 Å². The first-order valence-electron chi connectivity index (χ1n) is 8.60. The summed E-state index contributed by atoms with van der Waals surface area (Å²) in [5.74, 6) is -0.409. The van der Waals surface area contributed by atoms with E-state index in [0.29, 0.717) is 21.6 Å². The lowest BCUT2D eigenvalue weighted by Gasteiger charge is -2.12. The lowest BCUT2D eigenvalue weighted by atomic mass is 10.0. The quantitative estimate of drug-likeness (QED) is 0.572. The Labute approximate surface area is 170 Å². The number of tetrazole rings is 1. The molecule has 3 rings (SSSR count). The number of benzene rings is 1. The highest BCUT2D eigenvalue weighted by Gasteiger charge is 2.21. The molecule has 3 aromatic rings. The van der Waals surface area contributed by atoms with Crippen LogP contribution in [0.15, 0.2) is 40.9 Å². The molecule has 8 nitrogen and oxygen atoms in total. The van der Waals surface area contributed by atoms with Gasteiger partial charge in [0, 0.05) is 0 Å². The Morgan fingerprint density at radius 2 is 1.89 bits per heavy atom. The number of amides is 2. The van der Waals surface area contributed by atoms with Crippen LogP contribution in [-0.2, 0) is 4.79 Å². The highest BCUT2D eigenvalue weighted by Crippen LogP contribution is 2.27. The van der Waals surface area contributed by atoms with E-state index < -0.39 is 11.2 Å². The van der Waals surface area contributed by atoms with Crippen LogP contribution in [-0.4, -0.2) is 37.3 Å². The van der Waals surface area contributed by atoms with E-state index in [1.165, 1.54) is 28.7 Å². The van der Waals surface area contributed by atoms with E-state index in [0.717, 1.165) is 5.69 Å². The first-order valence-corrected chi connectivity index (χ1v) is 10.4. The molecule has 2 heterocycles. The zero-order valence-corrected chi connectivity index (χ0v) is 17.3. The molecule has 0 unspecified atom stereocenters. The number of carbonyl (C=O) groups excluding carboxylic acids is 2. The smallest absolute Gasteiger partial charge is 0.251 e. The minimum atomic E-state index is -0.578. The number of primary amides is 1. The van der Waals surface area contributed by atoms with Gasteiger partial charge in [-0.15, -0.1) is 16.4 Å². The van der Waals surface area contributed by atoms with Crippen molar-refractivity contribution >= 4 is 39.9 Å². The molecule has 0 saturated heterocycles. The second kappa shape index (κ2) is 8.53. The lowest BCUT2D eigenvalue weighted by molar-refractivity contribution is -0.115. The molecule has 0 aliphatic carbocycles. The molecule has 0 aliphatic heterocycles. The van der Waals surface area contributed by atoms with Gasteiger partial charge in [0.15, 0.2) is 0 Å². The van der Waals surface area contributed by atoms with Crippen LogP contribution < -0.4 is 11.1 Å². The maximum absolute atomic E-state index is 12.5. The average Bonchev–Trinajstić information content (AvgIpc) is 3.31. The van der Waals surface area contributed by atoms with Gasteiger partial charge in [-0.3, -0.25) is 9.59 Å². The number of carbonyl (C=O) groups is 2. The van der Waals surface area contributed by atoms with Gasteiger partial charge in [-0.2, -0.15) is 4.68 Å². The summed E-state index contributed by atoms with van der Waals surface area (Å²) in [5, 5.41) is 16.7. The van der Waals surface area contributed by atoms with Crippen molar-refractivity contribution in [1.29, 1.82) is 0 Å². The number of nitrogens with two attached hydrogens (primary N) is 1. The summed E-state index contributed by atoms with van der Waals surface area (Å²) in [5.41, 5.74) is 7.65. The molecule has 2 aromatic heterocycles. The summed E-state index contributed by atoms with van der Waals surface area (Å²) >= 11 is 2.48. The maximum atomic E-state index is 12.5. The third-order valence-electron chi connectivity index (χ3n) is 4.06. The number of hydrogen-bond acceptors (Lipinski definition) is 7. The summed E-state index contributed by atoms with van der Waals surface area (Å²) in [6.07, 6.45) is 0. The highest BCUT2D eigenvalue weighted by atomic mass is 32.2. The van der Waals surface area contributed by atoms with Crippen LogP contribution >= 0.6 is 23.1 Å². The second-order valence-corrected chi connectivity index (χ2v) is 8.62. The SMILES string of the molecule is CC(C)c1ccc(-n2nnnc2S[C@@H](C)C(=O)Nc2sccc2C(N)=O)cc1. The van der Waals surface area contributed by atoms with E-state index >= 15 is 0 Å². The van der Waals surface area contributed by atoms with E-state index in [4.69, 9.17) is 5.73 Å².